The number of rotatable bonds is 8. The molecule has 28 heavy (non-hydrogen) atoms. The number of hydrogen-bond donors (Lipinski definition) is 2. The predicted octanol–water partition coefficient (Wildman–Crippen LogP) is 3.68. The molecule has 0 amide bonds. The highest BCUT2D eigenvalue weighted by atomic mass is 32.1. The number of nitrogens with one attached hydrogen (secondary N) is 2. The van der Waals surface area contributed by atoms with Crippen molar-refractivity contribution < 1.29 is 4.42 Å². The van der Waals surface area contributed by atoms with E-state index in [9.17, 15) is 0 Å². The molecule has 7 heteroatoms. The van der Waals surface area contributed by atoms with Crippen molar-refractivity contribution in [1.29, 1.82) is 0 Å². The van der Waals surface area contributed by atoms with Crippen LogP contribution < -0.4 is 10.6 Å². The van der Waals surface area contributed by atoms with E-state index in [4.69, 9.17) is 9.41 Å². The summed E-state index contributed by atoms with van der Waals surface area (Å²) in [7, 11) is 0. The number of piperidine rings is 1. The van der Waals surface area contributed by atoms with Crippen LogP contribution in [0.3, 0.4) is 0 Å². The fraction of sp³-hybridized carbons (Fsp3) is 0.619. The van der Waals surface area contributed by atoms with E-state index in [1.165, 1.54) is 29.1 Å². The molecule has 0 radical (unpaired) electrons. The van der Waals surface area contributed by atoms with Crippen LogP contribution in [0, 0.1) is 13.8 Å². The van der Waals surface area contributed by atoms with Crippen molar-refractivity contribution in [3.63, 3.8) is 0 Å². The molecule has 0 spiro atoms. The number of likely N-dealkylation sites (tertiary alicyclic amines) is 1. The van der Waals surface area contributed by atoms with Crippen LogP contribution in [-0.4, -0.2) is 48.6 Å². The zero-order valence-electron chi connectivity index (χ0n) is 17.3. The van der Waals surface area contributed by atoms with Crippen LogP contribution in [0.2, 0.25) is 0 Å². The van der Waals surface area contributed by atoms with Gasteiger partial charge in [-0.1, -0.05) is 6.42 Å². The van der Waals surface area contributed by atoms with Crippen molar-refractivity contribution in [1.82, 2.24) is 20.5 Å². The van der Waals surface area contributed by atoms with E-state index >= 15 is 0 Å². The number of guanidine groups is 1. The first-order valence-electron chi connectivity index (χ1n) is 10.4. The van der Waals surface area contributed by atoms with Gasteiger partial charge < -0.3 is 15.1 Å². The monoisotopic (exact) mass is 403 g/mol. The van der Waals surface area contributed by atoms with Crippen molar-refractivity contribution in [2.24, 2.45) is 4.99 Å². The van der Waals surface area contributed by atoms with Crippen molar-refractivity contribution in [3.8, 4) is 0 Å². The van der Waals surface area contributed by atoms with Gasteiger partial charge in [-0.25, -0.2) is 4.98 Å². The fourth-order valence-electron chi connectivity index (χ4n) is 3.55. The maximum atomic E-state index is 5.73. The number of aromatic nitrogens is 1. The standard InChI is InChI=1S/C21H33N5OS/c1-4-22-21(23-11-10-20-25-16(2)17(3)28-20)24-15-18(19-9-8-14-27-19)26-12-6-5-7-13-26/h8-9,14,18H,4-7,10-13,15H2,1-3H3,(H2,22,23,24). The molecule has 1 aliphatic rings. The van der Waals surface area contributed by atoms with Gasteiger partial charge in [-0.3, -0.25) is 9.89 Å². The third-order valence-electron chi connectivity index (χ3n) is 5.17. The SMILES string of the molecule is CCNC(=NCC(c1ccco1)N1CCCCC1)NCCc1nc(C)c(C)s1. The molecule has 2 N–H and O–H groups in total. The van der Waals surface area contributed by atoms with E-state index in [1.54, 1.807) is 17.6 Å². The third-order valence-corrected chi connectivity index (χ3v) is 6.31. The van der Waals surface area contributed by atoms with Gasteiger partial charge in [0.05, 0.1) is 29.6 Å². The molecule has 0 aliphatic carbocycles. The molecule has 3 rings (SSSR count). The summed E-state index contributed by atoms with van der Waals surface area (Å²) < 4.78 is 5.73. The van der Waals surface area contributed by atoms with Gasteiger partial charge in [-0.15, -0.1) is 11.3 Å². The zero-order chi connectivity index (χ0) is 19.8. The zero-order valence-corrected chi connectivity index (χ0v) is 18.1. The minimum atomic E-state index is 0.204. The van der Waals surface area contributed by atoms with Crippen LogP contribution in [-0.2, 0) is 6.42 Å². The lowest BCUT2D eigenvalue weighted by molar-refractivity contribution is 0.150. The summed E-state index contributed by atoms with van der Waals surface area (Å²) in [5.41, 5.74) is 1.14. The van der Waals surface area contributed by atoms with Gasteiger partial charge in [0.2, 0.25) is 0 Å². The Morgan fingerprint density at radius 3 is 2.75 bits per heavy atom. The van der Waals surface area contributed by atoms with Crippen molar-refractivity contribution >= 4 is 17.3 Å². The number of hydrogen-bond acceptors (Lipinski definition) is 5. The van der Waals surface area contributed by atoms with E-state index in [1.807, 2.05) is 6.07 Å². The van der Waals surface area contributed by atoms with Crippen LogP contribution in [0.4, 0.5) is 0 Å². The summed E-state index contributed by atoms with van der Waals surface area (Å²) >= 11 is 1.78. The molecule has 3 heterocycles. The molecule has 1 fully saturated rings. The first kappa shape index (κ1) is 20.9. The molecule has 6 nitrogen and oxygen atoms in total. The quantitative estimate of drug-likeness (QED) is 0.520. The second-order valence-electron chi connectivity index (χ2n) is 7.27. The Kier molecular flexibility index (Phi) is 7.91. The van der Waals surface area contributed by atoms with Gasteiger partial charge in [0.1, 0.15) is 5.76 Å². The highest BCUT2D eigenvalue weighted by Gasteiger charge is 2.24. The van der Waals surface area contributed by atoms with Crippen molar-refractivity contribution in [2.75, 3.05) is 32.7 Å². The third kappa shape index (κ3) is 5.82. The molecule has 0 aromatic carbocycles. The van der Waals surface area contributed by atoms with E-state index in [0.717, 1.165) is 50.0 Å². The van der Waals surface area contributed by atoms with Gasteiger partial charge >= 0.3 is 0 Å². The largest absolute Gasteiger partial charge is 0.468 e. The maximum absolute atomic E-state index is 5.73. The Labute approximate surface area is 172 Å². The van der Waals surface area contributed by atoms with Gasteiger partial charge in [0.25, 0.3) is 0 Å². The number of thiazole rings is 1. The van der Waals surface area contributed by atoms with E-state index < -0.39 is 0 Å². The van der Waals surface area contributed by atoms with E-state index in [-0.39, 0.29) is 6.04 Å². The number of nitrogens with zero attached hydrogens (tertiary/aromatic N) is 3. The normalized spacial score (nSPS) is 16.9. The Balaban J connectivity index is 1.60. The molecule has 0 saturated carbocycles. The van der Waals surface area contributed by atoms with E-state index in [2.05, 4.69) is 47.4 Å². The van der Waals surface area contributed by atoms with Crippen LogP contribution in [0.1, 0.15) is 53.6 Å². The molecule has 154 valence electrons. The number of aryl methyl sites for hydroxylation is 2. The lowest BCUT2D eigenvalue weighted by atomic mass is 10.1. The highest BCUT2D eigenvalue weighted by Crippen LogP contribution is 2.25. The van der Waals surface area contributed by atoms with Gasteiger partial charge in [-0.2, -0.15) is 0 Å². The summed E-state index contributed by atoms with van der Waals surface area (Å²) in [4.78, 5) is 13.3. The molecule has 2 aromatic rings. The van der Waals surface area contributed by atoms with Crippen molar-refractivity contribution in [2.45, 2.75) is 52.5 Å². The molecule has 1 saturated heterocycles. The average molecular weight is 404 g/mol. The topological polar surface area (TPSA) is 65.7 Å². The Bertz CT molecular complexity index is 715. The summed E-state index contributed by atoms with van der Waals surface area (Å²) in [6.07, 6.45) is 6.51. The molecule has 1 unspecified atom stereocenters. The van der Waals surface area contributed by atoms with Crippen LogP contribution in [0.25, 0.3) is 0 Å². The van der Waals surface area contributed by atoms with Gasteiger partial charge in [-0.05, 0) is 58.8 Å². The first-order chi connectivity index (χ1) is 13.7. The smallest absolute Gasteiger partial charge is 0.191 e. The summed E-state index contributed by atoms with van der Waals surface area (Å²) in [5, 5.41) is 8.00. The first-order valence-corrected chi connectivity index (χ1v) is 11.2. The van der Waals surface area contributed by atoms with Crippen LogP contribution >= 0.6 is 11.3 Å². The molecule has 1 aliphatic heterocycles. The highest BCUT2D eigenvalue weighted by molar-refractivity contribution is 7.11. The Hall–Kier alpha value is -1.86. The lowest BCUT2D eigenvalue weighted by Crippen LogP contribution is -2.40. The Morgan fingerprint density at radius 1 is 1.29 bits per heavy atom. The summed E-state index contributed by atoms with van der Waals surface area (Å²) in [6.45, 7) is 10.9. The minimum Gasteiger partial charge on any atom is -0.468 e. The Morgan fingerprint density at radius 2 is 2.11 bits per heavy atom. The lowest BCUT2D eigenvalue weighted by Gasteiger charge is -2.32. The minimum absolute atomic E-state index is 0.204. The molecule has 0 bridgehead atoms. The molecule has 1 atom stereocenters. The molecular weight excluding hydrogens is 370 g/mol. The average Bonchev–Trinajstić information content (AvgIpc) is 3.33. The predicted molar refractivity (Wildman–Crippen MR) is 116 cm³/mol. The second kappa shape index (κ2) is 10.6. The van der Waals surface area contributed by atoms with E-state index in [0.29, 0.717) is 6.54 Å². The summed E-state index contributed by atoms with van der Waals surface area (Å²) in [6, 6.07) is 4.25. The van der Waals surface area contributed by atoms with Crippen molar-refractivity contribution in [3.05, 3.63) is 39.7 Å². The second-order valence-corrected chi connectivity index (χ2v) is 8.56. The molecule has 2 aromatic heterocycles. The van der Waals surface area contributed by atoms with Gasteiger partial charge in [0.15, 0.2) is 5.96 Å². The fourth-order valence-corrected chi connectivity index (χ4v) is 4.48. The van der Waals surface area contributed by atoms with Crippen LogP contribution in [0.5, 0.6) is 0 Å². The summed E-state index contributed by atoms with van der Waals surface area (Å²) in [5.74, 6) is 1.87. The molecular formula is C21H33N5OS. The number of aliphatic imine (C=N–C) groups is 1. The number of furan rings is 1. The maximum Gasteiger partial charge on any atom is 0.191 e. The van der Waals surface area contributed by atoms with Crippen LogP contribution in [0.15, 0.2) is 27.8 Å². The van der Waals surface area contributed by atoms with Gasteiger partial charge in [0, 0.05) is 24.4 Å².